The Morgan fingerprint density at radius 1 is 1.00 bits per heavy atom. The van der Waals surface area contributed by atoms with Gasteiger partial charge in [-0.1, -0.05) is 71.9 Å². The van der Waals surface area contributed by atoms with E-state index in [0.29, 0.717) is 24.5 Å². The standard InChI is InChI=1S/C39H46N2O9S2/c42-18-28-33(45)39(48)19-37(12-4-5-13-37)24-11-14-40-30(17-24)41-21-52-51-20-38-26(15-23(16-29(38)43)22-7-2-1-3-8-22)32(44)25-9-6-10-27(31(25)34(38)46)49-36(50-28)35(39)47/h6,9-11,14-17,22,26,28,33,35-36,42-43,45,47-48H,1-5,7-8,12-13,18-21H2,(H,40,41). The molecule has 3 heterocycles. The van der Waals surface area contributed by atoms with Crippen molar-refractivity contribution < 1.29 is 44.6 Å². The van der Waals surface area contributed by atoms with Crippen molar-refractivity contribution in [3.8, 4) is 5.75 Å². The highest BCUT2D eigenvalue weighted by Gasteiger charge is 2.61. The largest absolute Gasteiger partial charge is 0.511 e. The van der Waals surface area contributed by atoms with E-state index in [1.807, 2.05) is 18.2 Å². The third-order valence-electron chi connectivity index (χ3n) is 12.5. The van der Waals surface area contributed by atoms with E-state index in [9.17, 15) is 30.3 Å². The molecule has 6 N–H and O–H groups in total. The summed E-state index contributed by atoms with van der Waals surface area (Å²) in [5.74, 6) is -0.653. The van der Waals surface area contributed by atoms with Crippen molar-refractivity contribution in [1.82, 2.24) is 4.98 Å². The highest BCUT2D eigenvalue weighted by molar-refractivity contribution is 8.76. The Balaban J connectivity index is 1.25. The number of aliphatic hydroxyl groups is 5. The van der Waals surface area contributed by atoms with Gasteiger partial charge in [-0.25, -0.2) is 4.98 Å². The quantitative estimate of drug-likeness (QED) is 0.220. The van der Waals surface area contributed by atoms with Crippen LogP contribution in [-0.4, -0.2) is 90.5 Å². The van der Waals surface area contributed by atoms with Crippen LogP contribution in [0.4, 0.5) is 5.82 Å². The molecular formula is C39H46N2O9S2. The first-order valence-corrected chi connectivity index (χ1v) is 20.9. The number of nitrogens with zero attached hydrogens (tertiary/aromatic N) is 1. The number of nitrogens with one attached hydrogen (secondary N) is 1. The number of allylic oxidation sites excluding steroid dienone is 4. The van der Waals surface area contributed by atoms with Crippen molar-refractivity contribution in [3.63, 3.8) is 0 Å². The van der Waals surface area contributed by atoms with E-state index in [1.54, 1.807) is 24.4 Å². The van der Waals surface area contributed by atoms with E-state index < -0.39 is 59.3 Å². The van der Waals surface area contributed by atoms with Gasteiger partial charge in [-0.2, -0.15) is 0 Å². The maximum absolute atomic E-state index is 15.0. The lowest BCUT2D eigenvalue weighted by Crippen LogP contribution is -2.69. The molecule has 1 aromatic heterocycles. The minimum absolute atomic E-state index is 0.0412. The van der Waals surface area contributed by atoms with E-state index in [1.165, 1.54) is 27.7 Å². The number of Topliss-reactive ketones (excluding diaryl/α,β-unsaturated/α-hetero) is 2. The first-order valence-electron chi connectivity index (χ1n) is 18.4. The van der Waals surface area contributed by atoms with Crippen LogP contribution in [0, 0.1) is 17.3 Å². The van der Waals surface area contributed by atoms with Crippen molar-refractivity contribution in [3.05, 3.63) is 76.7 Å². The lowest BCUT2D eigenvalue weighted by molar-refractivity contribution is -0.318. The summed E-state index contributed by atoms with van der Waals surface area (Å²) in [6, 6.07) is 8.50. The molecule has 0 amide bonds. The SMILES string of the molecule is O=C1c2cccc3c2C(=O)C2(CSSCNc4cc(ccn4)C4(CCCC4)CC4(O)C(O)C(CO)OC(O3)C4O)C(O)=CC(C3CCCCC3)=CC12. The fourth-order valence-corrected chi connectivity index (χ4v) is 11.9. The molecular weight excluding hydrogens is 705 g/mol. The van der Waals surface area contributed by atoms with Crippen LogP contribution in [-0.2, 0) is 10.2 Å². The molecule has 2 saturated carbocycles. The second-order valence-corrected chi connectivity index (χ2v) is 17.8. The lowest BCUT2D eigenvalue weighted by Gasteiger charge is -2.51. The number of carbonyl (C=O) groups excluding carboxylic acids is 2. The monoisotopic (exact) mass is 750 g/mol. The Hall–Kier alpha value is -2.91. The van der Waals surface area contributed by atoms with E-state index in [2.05, 4.69) is 10.3 Å². The number of carbonyl (C=O) groups is 2. The number of hydrogen-bond donors (Lipinski definition) is 6. The summed E-state index contributed by atoms with van der Waals surface area (Å²) in [6.07, 6.45) is 7.15. The lowest BCUT2D eigenvalue weighted by atomic mass is 9.59. The van der Waals surface area contributed by atoms with Crippen LogP contribution in [0.2, 0.25) is 0 Å². The van der Waals surface area contributed by atoms with Gasteiger partial charge >= 0.3 is 0 Å². The molecule has 0 radical (unpaired) electrons. The van der Waals surface area contributed by atoms with Crippen LogP contribution >= 0.6 is 21.6 Å². The molecule has 7 unspecified atom stereocenters. The van der Waals surface area contributed by atoms with Crippen molar-refractivity contribution in [2.75, 3.05) is 23.6 Å². The molecule has 11 nitrogen and oxygen atoms in total. The summed E-state index contributed by atoms with van der Waals surface area (Å²) in [7, 11) is 2.84. The molecule has 3 fully saturated rings. The van der Waals surface area contributed by atoms with Gasteiger partial charge in [-0.15, -0.1) is 0 Å². The van der Waals surface area contributed by atoms with Gasteiger partial charge in [0.2, 0.25) is 6.29 Å². The van der Waals surface area contributed by atoms with E-state index in [-0.39, 0.29) is 46.5 Å². The number of pyridine rings is 1. The van der Waals surface area contributed by atoms with Gasteiger partial charge in [0.25, 0.3) is 0 Å². The Morgan fingerprint density at radius 3 is 2.56 bits per heavy atom. The fourth-order valence-electron chi connectivity index (χ4n) is 9.69. The van der Waals surface area contributed by atoms with Gasteiger partial charge in [0.15, 0.2) is 11.6 Å². The molecule has 1 aromatic carbocycles. The Kier molecular flexibility index (Phi) is 9.76. The summed E-state index contributed by atoms with van der Waals surface area (Å²) >= 11 is 0. The molecule has 6 bridgehead atoms. The molecule has 8 rings (SSSR count). The number of fused-ring (bicyclic) bond motifs is 5. The van der Waals surface area contributed by atoms with Crippen LogP contribution in [0.3, 0.4) is 0 Å². The van der Waals surface area contributed by atoms with E-state index in [0.717, 1.165) is 56.1 Å². The van der Waals surface area contributed by atoms with Crippen molar-refractivity contribution in [1.29, 1.82) is 0 Å². The summed E-state index contributed by atoms with van der Waals surface area (Å²) in [5, 5.41) is 61.4. The van der Waals surface area contributed by atoms with Gasteiger partial charge in [0.1, 0.15) is 46.7 Å². The molecule has 2 aromatic rings. The zero-order valence-corrected chi connectivity index (χ0v) is 30.5. The highest BCUT2D eigenvalue weighted by Crippen LogP contribution is 2.55. The number of benzene rings is 1. The third kappa shape index (κ3) is 5.82. The van der Waals surface area contributed by atoms with E-state index >= 15 is 4.79 Å². The van der Waals surface area contributed by atoms with Gasteiger partial charge < -0.3 is 40.3 Å². The Bertz CT molecular complexity index is 1790. The molecule has 278 valence electrons. The zero-order chi connectivity index (χ0) is 36.3. The molecule has 6 aliphatic rings. The van der Waals surface area contributed by atoms with Gasteiger partial charge in [-0.3, -0.25) is 9.59 Å². The maximum atomic E-state index is 15.0. The predicted octanol–water partition coefficient (Wildman–Crippen LogP) is 5.24. The molecule has 7 atom stereocenters. The van der Waals surface area contributed by atoms with Crippen LogP contribution in [0.5, 0.6) is 5.75 Å². The van der Waals surface area contributed by atoms with Gasteiger partial charge in [0, 0.05) is 17.5 Å². The topological polar surface area (TPSA) is 179 Å². The van der Waals surface area contributed by atoms with Crippen LogP contribution in [0.25, 0.3) is 0 Å². The van der Waals surface area contributed by atoms with Gasteiger partial charge in [0.05, 0.1) is 24.0 Å². The van der Waals surface area contributed by atoms with Crippen molar-refractivity contribution in [2.45, 2.75) is 99.8 Å². The summed E-state index contributed by atoms with van der Waals surface area (Å²) in [4.78, 5) is 34.1. The molecule has 2 spiro atoms. The molecule has 52 heavy (non-hydrogen) atoms. The van der Waals surface area contributed by atoms with Crippen LogP contribution in [0.1, 0.15) is 90.5 Å². The number of ketones is 2. The zero-order valence-electron chi connectivity index (χ0n) is 28.9. The maximum Gasteiger partial charge on any atom is 0.229 e. The second kappa shape index (κ2) is 14.1. The predicted molar refractivity (Wildman–Crippen MR) is 197 cm³/mol. The number of hydrogen-bond acceptors (Lipinski definition) is 13. The Morgan fingerprint density at radius 2 is 1.79 bits per heavy atom. The van der Waals surface area contributed by atoms with Crippen molar-refractivity contribution in [2.24, 2.45) is 17.3 Å². The number of anilines is 1. The van der Waals surface area contributed by atoms with Crippen LogP contribution in [0.15, 0.2) is 60.0 Å². The summed E-state index contributed by atoms with van der Waals surface area (Å²) in [5.41, 5.74) is -2.54. The van der Waals surface area contributed by atoms with E-state index in [4.69, 9.17) is 9.47 Å². The number of aliphatic hydroxyl groups excluding tert-OH is 4. The first-order chi connectivity index (χ1) is 25.1. The van der Waals surface area contributed by atoms with Crippen LogP contribution < -0.4 is 10.1 Å². The average Bonchev–Trinajstić information content (AvgIpc) is 3.64. The summed E-state index contributed by atoms with van der Waals surface area (Å²) in [6.45, 7) is -0.676. The normalized spacial score (nSPS) is 35.0. The summed E-state index contributed by atoms with van der Waals surface area (Å²) < 4.78 is 12.2. The highest BCUT2D eigenvalue weighted by atomic mass is 33.1. The number of rotatable bonds is 2. The van der Waals surface area contributed by atoms with Crippen molar-refractivity contribution >= 4 is 39.0 Å². The molecule has 2 aliphatic heterocycles. The minimum Gasteiger partial charge on any atom is -0.511 e. The number of aromatic nitrogens is 1. The second-order valence-electron chi connectivity index (χ2n) is 15.4. The smallest absolute Gasteiger partial charge is 0.229 e. The molecule has 13 heteroatoms. The average molecular weight is 751 g/mol. The fraction of sp³-hybridized carbons (Fsp3) is 0.564. The number of ether oxygens (including phenoxy) is 2. The third-order valence-corrected chi connectivity index (χ3v) is 14.7. The first kappa shape index (κ1) is 36.1. The minimum atomic E-state index is -2.19. The van der Waals surface area contributed by atoms with Gasteiger partial charge in [-0.05, 0) is 78.8 Å². The Labute approximate surface area is 310 Å². The molecule has 4 aliphatic carbocycles. The molecule has 1 saturated heterocycles.